The van der Waals surface area contributed by atoms with Gasteiger partial charge in [0.2, 0.25) is 0 Å². The number of carbonyl (C=O) groups excluding carboxylic acids is 1. The van der Waals surface area contributed by atoms with Crippen molar-refractivity contribution in [2.75, 3.05) is 25.0 Å². The number of carbonyl (C=O) groups is 1. The van der Waals surface area contributed by atoms with E-state index < -0.39 is 0 Å². The zero-order chi connectivity index (χ0) is 20.9. The Kier molecular flexibility index (Phi) is 7.55. The largest absolute Gasteiger partial charge is 0.511 e. The van der Waals surface area contributed by atoms with Gasteiger partial charge in [-0.05, 0) is 37.2 Å². The van der Waals surface area contributed by atoms with Crippen LogP contribution in [0.15, 0.2) is 54.3 Å². The lowest BCUT2D eigenvalue weighted by Gasteiger charge is -2.18. The van der Waals surface area contributed by atoms with Crippen LogP contribution in [0.1, 0.15) is 25.6 Å². The zero-order valence-electron chi connectivity index (χ0n) is 17.4. The minimum atomic E-state index is -0.384. The summed E-state index contributed by atoms with van der Waals surface area (Å²) >= 11 is 0. The Labute approximate surface area is 187 Å². The summed E-state index contributed by atoms with van der Waals surface area (Å²) < 4.78 is 7.72. The molecule has 1 aliphatic heterocycles. The van der Waals surface area contributed by atoms with Gasteiger partial charge in [0.15, 0.2) is 0 Å². The summed E-state index contributed by atoms with van der Waals surface area (Å²) in [7, 11) is 0. The number of aromatic nitrogens is 2. The second-order valence-corrected chi connectivity index (χ2v) is 7.23. The number of imidazole rings is 1. The average molecular weight is 443 g/mol. The van der Waals surface area contributed by atoms with E-state index in [1.165, 1.54) is 0 Å². The van der Waals surface area contributed by atoms with Crippen LogP contribution in [0.2, 0.25) is 0 Å². The number of ether oxygens (including phenoxy) is 1. The van der Waals surface area contributed by atoms with E-state index >= 15 is 0 Å². The maximum absolute atomic E-state index is 13.0. The number of fused-ring (bicyclic) bond motifs is 3. The molecule has 31 heavy (non-hydrogen) atoms. The van der Waals surface area contributed by atoms with Gasteiger partial charge in [-0.25, -0.2) is 4.98 Å². The Morgan fingerprint density at radius 1 is 1.19 bits per heavy atom. The lowest BCUT2D eigenvalue weighted by molar-refractivity contribution is -0.111. The number of hydrogen-bond acceptors (Lipinski definition) is 5. The van der Waals surface area contributed by atoms with Crippen LogP contribution < -0.4 is 15.4 Å². The van der Waals surface area contributed by atoms with Crippen molar-refractivity contribution in [3.8, 4) is 5.75 Å². The van der Waals surface area contributed by atoms with E-state index in [1.807, 2.05) is 41.0 Å². The minimum absolute atomic E-state index is 0. The number of aryl methyl sites for hydroxylation is 1. The molecule has 8 heteroatoms. The Bertz CT molecular complexity index is 1090. The summed E-state index contributed by atoms with van der Waals surface area (Å²) in [4.78, 5) is 17.6. The van der Waals surface area contributed by atoms with E-state index in [0.717, 1.165) is 30.5 Å². The average Bonchev–Trinajstić information content (AvgIpc) is 3.12. The molecule has 1 amide bonds. The maximum atomic E-state index is 13.0. The number of hydrogen-bond donors (Lipinski definition) is 3. The third-order valence-electron chi connectivity index (χ3n) is 5.03. The van der Waals surface area contributed by atoms with Gasteiger partial charge in [0.1, 0.15) is 29.5 Å². The number of allylic oxidation sites excluding steroid dienone is 1. The van der Waals surface area contributed by atoms with Crippen LogP contribution in [-0.2, 0) is 11.3 Å². The van der Waals surface area contributed by atoms with Gasteiger partial charge in [-0.3, -0.25) is 4.79 Å². The van der Waals surface area contributed by atoms with Crippen molar-refractivity contribution in [1.82, 2.24) is 14.9 Å². The number of rotatable bonds is 8. The van der Waals surface area contributed by atoms with E-state index in [2.05, 4.69) is 22.5 Å². The number of benzene rings is 2. The lowest BCUT2D eigenvalue weighted by atomic mass is 10.1. The topological polar surface area (TPSA) is 88.4 Å². The fraction of sp³-hybridized carbons (Fsp3) is 0.304. The minimum Gasteiger partial charge on any atom is -0.511 e. The molecule has 0 aliphatic carbocycles. The van der Waals surface area contributed by atoms with Crippen LogP contribution >= 0.6 is 12.4 Å². The highest BCUT2D eigenvalue weighted by Gasteiger charge is 2.28. The van der Waals surface area contributed by atoms with Gasteiger partial charge in [-0.1, -0.05) is 25.1 Å². The molecule has 0 atom stereocenters. The lowest BCUT2D eigenvalue weighted by Crippen LogP contribution is -2.22. The Morgan fingerprint density at radius 3 is 2.87 bits per heavy atom. The summed E-state index contributed by atoms with van der Waals surface area (Å²) in [6.07, 6.45) is 1.47. The molecule has 164 valence electrons. The van der Waals surface area contributed by atoms with Gasteiger partial charge in [0.25, 0.3) is 5.91 Å². The molecule has 0 fully saturated rings. The third kappa shape index (κ3) is 5.00. The molecule has 0 radical (unpaired) electrons. The van der Waals surface area contributed by atoms with Crippen LogP contribution in [0.3, 0.4) is 0 Å². The van der Waals surface area contributed by atoms with Gasteiger partial charge in [0.05, 0.1) is 11.0 Å². The first kappa shape index (κ1) is 22.7. The van der Waals surface area contributed by atoms with Crippen LogP contribution in [0, 0.1) is 0 Å². The predicted molar refractivity (Wildman–Crippen MR) is 125 cm³/mol. The second kappa shape index (κ2) is 10.3. The van der Waals surface area contributed by atoms with Crippen LogP contribution in [0.5, 0.6) is 5.75 Å². The third-order valence-corrected chi connectivity index (χ3v) is 5.03. The van der Waals surface area contributed by atoms with Gasteiger partial charge < -0.3 is 25.0 Å². The van der Waals surface area contributed by atoms with Crippen LogP contribution in [0.4, 0.5) is 5.69 Å². The Balaban J connectivity index is 0.00000272. The van der Waals surface area contributed by atoms with Crippen molar-refractivity contribution >= 4 is 40.6 Å². The monoisotopic (exact) mass is 442 g/mol. The van der Waals surface area contributed by atoms with E-state index in [-0.39, 0.29) is 29.6 Å². The van der Waals surface area contributed by atoms with Crippen molar-refractivity contribution < 1.29 is 14.6 Å². The SMILES string of the molecule is CCCNCCOc1cccc(NC(=O)C2=C(O)CCn3c2nc2ccccc23)c1.Cl. The van der Waals surface area contributed by atoms with Crippen molar-refractivity contribution in [3.05, 3.63) is 60.1 Å². The summed E-state index contributed by atoms with van der Waals surface area (Å²) in [6, 6.07) is 15.0. The fourth-order valence-corrected chi connectivity index (χ4v) is 3.60. The number of para-hydroxylation sites is 2. The number of aliphatic hydroxyl groups is 1. The smallest absolute Gasteiger partial charge is 0.262 e. The number of halogens is 1. The highest BCUT2D eigenvalue weighted by Crippen LogP contribution is 2.30. The molecular weight excluding hydrogens is 416 g/mol. The molecule has 3 aromatic rings. The normalized spacial score (nSPS) is 12.9. The molecule has 1 aliphatic rings. The van der Waals surface area contributed by atoms with Crippen molar-refractivity contribution in [1.29, 1.82) is 0 Å². The van der Waals surface area contributed by atoms with Gasteiger partial charge in [-0.15, -0.1) is 12.4 Å². The molecule has 1 aromatic heterocycles. The van der Waals surface area contributed by atoms with Crippen molar-refractivity contribution in [2.45, 2.75) is 26.3 Å². The Morgan fingerprint density at radius 2 is 2.03 bits per heavy atom. The summed E-state index contributed by atoms with van der Waals surface area (Å²) in [6.45, 7) is 4.99. The van der Waals surface area contributed by atoms with Crippen LogP contribution in [-0.4, -0.2) is 40.3 Å². The molecule has 4 rings (SSSR count). The Hall–Kier alpha value is -3.03. The zero-order valence-corrected chi connectivity index (χ0v) is 18.2. The van der Waals surface area contributed by atoms with Crippen molar-refractivity contribution in [3.63, 3.8) is 0 Å². The standard InChI is InChI=1S/C23H26N4O3.ClH/c1-2-11-24-12-14-30-17-7-5-6-16(15-17)25-23(29)21-20(28)10-13-27-19-9-4-3-8-18(19)26-22(21)27;/h3-9,15,24,28H,2,10-14H2,1H3,(H,25,29);1H. The molecule has 2 heterocycles. The highest BCUT2D eigenvalue weighted by atomic mass is 35.5. The summed E-state index contributed by atoms with van der Waals surface area (Å²) in [5, 5.41) is 16.6. The predicted octanol–water partition coefficient (Wildman–Crippen LogP) is 4.15. The van der Waals surface area contributed by atoms with E-state index in [0.29, 0.717) is 36.8 Å². The van der Waals surface area contributed by atoms with E-state index in [4.69, 9.17) is 4.74 Å². The van der Waals surface area contributed by atoms with Gasteiger partial charge in [0, 0.05) is 31.3 Å². The molecule has 2 aromatic carbocycles. The van der Waals surface area contributed by atoms with E-state index in [1.54, 1.807) is 12.1 Å². The molecule has 3 N–H and O–H groups in total. The molecule has 0 spiro atoms. The summed E-state index contributed by atoms with van der Waals surface area (Å²) in [5.41, 5.74) is 2.58. The number of nitrogens with one attached hydrogen (secondary N) is 2. The number of anilines is 1. The number of nitrogens with zero attached hydrogens (tertiary/aromatic N) is 2. The maximum Gasteiger partial charge on any atom is 0.262 e. The highest BCUT2D eigenvalue weighted by molar-refractivity contribution is 6.25. The van der Waals surface area contributed by atoms with Crippen LogP contribution in [0.25, 0.3) is 16.6 Å². The molecule has 0 bridgehead atoms. The molecule has 0 unspecified atom stereocenters. The summed E-state index contributed by atoms with van der Waals surface area (Å²) in [5.74, 6) is 0.849. The quantitative estimate of drug-likeness (QED) is 0.456. The molecule has 0 saturated heterocycles. The number of amides is 1. The second-order valence-electron chi connectivity index (χ2n) is 7.23. The molecule has 7 nitrogen and oxygen atoms in total. The van der Waals surface area contributed by atoms with E-state index in [9.17, 15) is 9.90 Å². The van der Waals surface area contributed by atoms with Crippen molar-refractivity contribution in [2.24, 2.45) is 0 Å². The van der Waals surface area contributed by atoms with Gasteiger partial charge in [-0.2, -0.15) is 0 Å². The van der Waals surface area contributed by atoms with Gasteiger partial charge >= 0.3 is 0 Å². The first-order chi connectivity index (χ1) is 14.7. The number of aliphatic hydroxyl groups excluding tert-OH is 1. The molecule has 0 saturated carbocycles. The first-order valence-electron chi connectivity index (χ1n) is 10.3. The first-order valence-corrected chi connectivity index (χ1v) is 10.3. The fourth-order valence-electron chi connectivity index (χ4n) is 3.60. The molecular formula is C23H27ClN4O3.